The number of carbonyl (C=O) groups excluding carboxylic acids is 1. The van der Waals surface area contributed by atoms with E-state index >= 15 is 0 Å². The summed E-state index contributed by atoms with van der Waals surface area (Å²) < 4.78 is 18.5. The van der Waals surface area contributed by atoms with Crippen LogP contribution in [0.1, 0.15) is 19.4 Å². The lowest BCUT2D eigenvalue weighted by molar-refractivity contribution is -0.115. The van der Waals surface area contributed by atoms with E-state index in [1.807, 2.05) is 32.0 Å². The van der Waals surface area contributed by atoms with Crippen molar-refractivity contribution in [1.82, 2.24) is 0 Å². The van der Waals surface area contributed by atoms with Crippen LogP contribution in [0.2, 0.25) is 0 Å². The van der Waals surface area contributed by atoms with Crippen molar-refractivity contribution in [2.75, 3.05) is 5.32 Å². The van der Waals surface area contributed by atoms with Crippen LogP contribution in [-0.4, -0.2) is 12.0 Å². The molecule has 2 aromatic carbocycles. The summed E-state index contributed by atoms with van der Waals surface area (Å²) in [4.78, 5) is 12.0. The first kappa shape index (κ1) is 15.0. The van der Waals surface area contributed by atoms with Gasteiger partial charge in [0.2, 0.25) is 5.91 Å². The van der Waals surface area contributed by atoms with Gasteiger partial charge in [0.05, 0.1) is 18.2 Å². The number of carbonyl (C=O) groups is 1. The number of hydrogen-bond donors (Lipinski definition) is 1. The number of anilines is 1. The highest BCUT2D eigenvalue weighted by molar-refractivity contribution is 5.93. The Balaban J connectivity index is 2.04. The van der Waals surface area contributed by atoms with Crippen LogP contribution in [0.15, 0.2) is 48.5 Å². The van der Waals surface area contributed by atoms with Crippen LogP contribution in [0, 0.1) is 5.82 Å². The maximum absolute atomic E-state index is 12.8. The Morgan fingerprint density at radius 2 is 1.81 bits per heavy atom. The van der Waals surface area contributed by atoms with Gasteiger partial charge in [0, 0.05) is 0 Å². The van der Waals surface area contributed by atoms with Crippen molar-refractivity contribution >= 4 is 11.6 Å². The summed E-state index contributed by atoms with van der Waals surface area (Å²) in [6.07, 6.45) is 0.219. The molecule has 0 radical (unpaired) electrons. The molecule has 3 nitrogen and oxygen atoms in total. The fraction of sp³-hybridized carbons (Fsp3) is 0.235. The standard InChI is InChI=1S/C17H18FNO2/c1-12(2)21-16-6-4-3-5-15(16)19-17(20)11-13-7-9-14(18)10-8-13/h3-10,12H,11H2,1-2H3,(H,19,20). The summed E-state index contributed by atoms with van der Waals surface area (Å²) in [5.74, 6) is 0.163. The molecule has 0 spiro atoms. The first-order valence-corrected chi connectivity index (χ1v) is 6.84. The van der Waals surface area contributed by atoms with Gasteiger partial charge >= 0.3 is 0 Å². The van der Waals surface area contributed by atoms with Gasteiger partial charge in [0.1, 0.15) is 11.6 Å². The van der Waals surface area contributed by atoms with Crippen LogP contribution < -0.4 is 10.1 Å². The van der Waals surface area contributed by atoms with Gasteiger partial charge in [-0.1, -0.05) is 24.3 Å². The molecule has 0 aromatic heterocycles. The molecule has 0 fully saturated rings. The highest BCUT2D eigenvalue weighted by Crippen LogP contribution is 2.25. The van der Waals surface area contributed by atoms with E-state index in [1.165, 1.54) is 12.1 Å². The Kier molecular flexibility index (Phi) is 4.93. The normalized spacial score (nSPS) is 10.5. The van der Waals surface area contributed by atoms with Gasteiger partial charge < -0.3 is 10.1 Å². The topological polar surface area (TPSA) is 38.3 Å². The van der Waals surface area contributed by atoms with Crippen LogP contribution >= 0.6 is 0 Å². The van der Waals surface area contributed by atoms with Crippen molar-refractivity contribution in [2.24, 2.45) is 0 Å². The van der Waals surface area contributed by atoms with Gasteiger partial charge in [-0.15, -0.1) is 0 Å². The van der Waals surface area contributed by atoms with Crippen molar-refractivity contribution < 1.29 is 13.9 Å². The first-order chi connectivity index (χ1) is 10.0. The average molecular weight is 287 g/mol. The lowest BCUT2D eigenvalue weighted by Crippen LogP contribution is -2.16. The molecule has 21 heavy (non-hydrogen) atoms. The lowest BCUT2D eigenvalue weighted by Gasteiger charge is -2.14. The molecule has 1 amide bonds. The fourth-order valence-electron chi connectivity index (χ4n) is 1.91. The molecule has 0 atom stereocenters. The van der Waals surface area contributed by atoms with E-state index in [0.29, 0.717) is 11.4 Å². The molecule has 0 aliphatic carbocycles. The minimum atomic E-state index is -0.310. The fourth-order valence-corrected chi connectivity index (χ4v) is 1.91. The number of para-hydroxylation sites is 2. The van der Waals surface area contributed by atoms with Crippen LogP contribution in [0.4, 0.5) is 10.1 Å². The van der Waals surface area contributed by atoms with Crippen molar-refractivity contribution in [2.45, 2.75) is 26.4 Å². The highest BCUT2D eigenvalue weighted by Gasteiger charge is 2.09. The summed E-state index contributed by atoms with van der Waals surface area (Å²) in [5, 5.41) is 2.82. The minimum Gasteiger partial charge on any atom is -0.489 e. The third-order valence-electron chi connectivity index (χ3n) is 2.80. The molecule has 0 bridgehead atoms. The van der Waals surface area contributed by atoms with Crippen molar-refractivity contribution in [3.63, 3.8) is 0 Å². The predicted octanol–water partition coefficient (Wildman–Crippen LogP) is 3.79. The van der Waals surface area contributed by atoms with Crippen molar-refractivity contribution in [3.05, 3.63) is 59.9 Å². The molecule has 2 aromatic rings. The molecular formula is C17H18FNO2. The Hall–Kier alpha value is -2.36. The van der Waals surface area contributed by atoms with Crippen molar-refractivity contribution in [3.8, 4) is 5.75 Å². The third kappa shape index (κ3) is 4.60. The quantitative estimate of drug-likeness (QED) is 0.908. The Morgan fingerprint density at radius 1 is 1.14 bits per heavy atom. The molecular weight excluding hydrogens is 269 g/mol. The Labute approximate surface area is 123 Å². The van der Waals surface area contributed by atoms with E-state index in [-0.39, 0.29) is 24.2 Å². The van der Waals surface area contributed by atoms with Crippen LogP contribution in [0.5, 0.6) is 5.75 Å². The molecule has 0 aliphatic rings. The molecule has 0 aliphatic heterocycles. The molecule has 0 heterocycles. The SMILES string of the molecule is CC(C)Oc1ccccc1NC(=O)Cc1ccc(F)cc1. The van der Waals surface area contributed by atoms with E-state index < -0.39 is 0 Å². The van der Waals surface area contributed by atoms with E-state index in [9.17, 15) is 9.18 Å². The van der Waals surface area contributed by atoms with Gasteiger partial charge in [0.25, 0.3) is 0 Å². The maximum Gasteiger partial charge on any atom is 0.228 e. The summed E-state index contributed by atoms with van der Waals surface area (Å²) in [5.41, 5.74) is 1.40. The number of benzene rings is 2. The van der Waals surface area contributed by atoms with Gasteiger partial charge in [-0.2, -0.15) is 0 Å². The van der Waals surface area contributed by atoms with Crippen LogP contribution in [0.3, 0.4) is 0 Å². The molecule has 4 heteroatoms. The largest absolute Gasteiger partial charge is 0.489 e. The molecule has 1 N–H and O–H groups in total. The summed E-state index contributed by atoms with van der Waals surface area (Å²) >= 11 is 0. The smallest absolute Gasteiger partial charge is 0.228 e. The maximum atomic E-state index is 12.8. The second-order valence-corrected chi connectivity index (χ2v) is 5.01. The summed E-state index contributed by atoms with van der Waals surface area (Å²) in [6, 6.07) is 13.2. The Bertz CT molecular complexity index is 608. The zero-order chi connectivity index (χ0) is 15.2. The second kappa shape index (κ2) is 6.88. The lowest BCUT2D eigenvalue weighted by atomic mass is 10.1. The Morgan fingerprint density at radius 3 is 2.48 bits per heavy atom. The first-order valence-electron chi connectivity index (χ1n) is 6.84. The predicted molar refractivity (Wildman–Crippen MR) is 80.9 cm³/mol. The van der Waals surface area contributed by atoms with E-state index in [1.54, 1.807) is 18.2 Å². The van der Waals surface area contributed by atoms with Gasteiger partial charge in [-0.05, 0) is 43.7 Å². The van der Waals surface area contributed by atoms with Crippen molar-refractivity contribution in [1.29, 1.82) is 0 Å². The van der Waals surface area contributed by atoms with E-state index in [0.717, 1.165) is 5.56 Å². The number of rotatable bonds is 5. The van der Waals surface area contributed by atoms with Crippen LogP contribution in [0.25, 0.3) is 0 Å². The molecule has 0 saturated carbocycles. The minimum absolute atomic E-state index is 0.0279. The number of hydrogen-bond acceptors (Lipinski definition) is 2. The number of ether oxygens (including phenoxy) is 1. The number of amides is 1. The summed E-state index contributed by atoms with van der Waals surface area (Å²) in [7, 11) is 0. The van der Waals surface area contributed by atoms with Gasteiger partial charge in [-0.3, -0.25) is 4.79 Å². The monoisotopic (exact) mass is 287 g/mol. The molecule has 0 saturated heterocycles. The number of nitrogens with one attached hydrogen (secondary N) is 1. The molecule has 2 rings (SSSR count). The third-order valence-corrected chi connectivity index (χ3v) is 2.80. The zero-order valence-electron chi connectivity index (χ0n) is 12.1. The summed E-state index contributed by atoms with van der Waals surface area (Å²) in [6.45, 7) is 3.86. The highest BCUT2D eigenvalue weighted by atomic mass is 19.1. The number of halogens is 1. The zero-order valence-corrected chi connectivity index (χ0v) is 12.1. The second-order valence-electron chi connectivity index (χ2n) is 5.01. The molecule has 110 valence electrons. The average Bonchev–Trinajstić information content (AvgIpc) is 2.43. The molecule has 0 unspecified atom stereocenters. The van der Waals surface area contributed by atoms with E-state index in [4.69, 9.17) is 4.74 Å². The van der Waals surface area contributed by atoms with Gasteiger partial charge in [-0.25, -0.2) is 4.39 Å². The van der Waals surface area contributed by atoms with Crippen LogP contribution in [-0.2, 0) is 11.2 Å². The van der Waals surface area contributed by atoms with E-state index in [2.05, 4.69) is 5.32 Å². The van der Waals surface area contributed by atoms with Gasteiger partial charge in [0.15, 0.2) is 0 Å².